The fourth-order valence-corrected chi connectivity index (χ4v) is 2.42. The summed E-state index contributed by atoms with van der Waals surface area (Å²) in [7, 11) is 0. The van der Waals surface area contributed by atoms with Crippen molar-refractivity contribution in [2.45, 2.75) is 77.7 Å². The van der Waals surface area contributed by atoms with Gasteiger partial charge in [0, 0.05) is 19.1 Å². The van der Waals surface area contributed by atoms with Crippen molar-refractivity contribution in [3.63, 3.8) is 0 Å². The highest BCUT2D eigenvalue weighted by Gasteiger charge is 2.32. The van der Waals surface area contributed by atoms with E-state index in [1.54, 1.807) is 4.90 Å². The number of rotatable bonds is 6. The first-order valence-corrected chi connectivity index (χ1v) is 8.57. The van der Waals surface area contributed by atoms with Gasteiger partial charge in [-0.15, -0.1) is 0 Å². The first-order chi connectivity index (χ1) is 10.5. The summed E-state index contributed by atoms with van der Waals surface area (Å²) in [4.78, 5) is 14.1. The molecular weight excluding hydrogens is 296 g/mol. The summed E-state index contributed by atoms with van der Waals surface area (Å²) in [6.07, 6.45) is 1.18. The van der Waals surface area contributed by atoms with Crippen LogP contribution in [0.4, 0.5) is 4.79 Å². The zero-order valence-corrected chi connectivity index (χ0v) is 15.5. The highest BCUT2D eigenvalue weighted by molar-refractivity contribution is 5.68. The van der Waals surface area contributed by atoms with Crippen LogP contribution >= 0.6 is 0 Å². The highest BCUT2D eigenvalue weighted by Crippen LogP contribution is 2.18. The second-order valence-electron chi connectivity index (χ2n) is 7.77. The lowest BCUT2D eigenvalue weighted by atomic mass is 10.0. The molecule has 1 aliphatic rings. The zero-order valence-electron chi connectivity index (χ0n) is 15.5. The summed E-state index contributed by atoms with van der Waals surface area (Å²) >= 11 is 0. The van der Waals surface area contributed by atoms with Gasteiger partial charge in [-0.05, 0) is 47.5 Å². The van der Waals surface area contributed by atoms with Crippen LogP contribution in [0.25, 0.3) is 0 Å². The minimum atomic E-state index is -0.706. The van der Waals surface area contributed by atoms with Gasteiger partial charge in [-0.2, -0.15) is 0 Å². The topological polar surface area (TPSA) is 71.0 Å². The fraction of sp³-hybridized carbons (Fsp3) is 0.941. The summed E-state index contributed by atoms with van der Waals surface area (Å²) in [5, 5.41) is 13.4. The van der Waals surface area contributed by atoms with E-state index in [1.165, 1.54) is 0 Å². The van der Waals surface area contributed by atoms with Crippen LogP contribution in [-0.4, -0.2) is 65.7 Å². The predicted octanol–water partition coefficient (Wildman–Crippen LogP) is 2.15. The fourth-order valence-electron chi connectivity index (χ4n) is 2.42. The third kappa shape index (κ3) is 7.50. The summed E-state index contributed by atoms with van der Waals surface area (Å²) < 4.78 is 11.0. The molecule has 0 radical (unpaired) electrons. The van der Waals surface area contributed by atoms with Crippen molar-refractivity contribution < 1.29 is 19.4 Å². The number of ether oxygens (including phenoxy) is 2. The SMILES string of the molecule is CCC(C)(O)CNC(C)CC1COCCN1C(=O)OC(C)(C)C. The monoisotopic (exact) mass is 330 g/mol. The van der Waals surface area contributed by atoms with Crippen LogP contribution in [0.1, 0.15) is 54.4 Å². The molecule has 1 aliphatic heterocycles. The number of carbonyl (C=O) groups is 1. The molecule has 3 atom stereocenters. The van der Waals surface area contributed by atoms with Gasteiger partial charge in [0.1, 0.15) is 5.60 Å². The number of hydrogen-bond acceptors (Lipinski definition) is 5. The Morgan fingerprint density at radius 3 is 2.65 bits per heavy atom. The molecule has 0 saturated carbocycles. The minimum Gasteiger partial charge on any atom is -0.444 e. The summed E-state index contributed by atoms with van der Waals surface area (Å²) in [5.74, 6) is 0. The quantitative estimate of drug-likeness (QED) is 0.781. The number of aliphatic hydroxyl groups is 1. The molecule has 1 heterocycles. The first kappa shape index (κ1) is 20.2. The van der Waals surface area contributed by atoms with Crippen molar-refractivity contribution in [1.29, 1.82) is 0 Å². The predicted molar refractivity (Wildman–Crippen MR) is 90.5 cm³/mol. The standard InChI is InChI=1S/C17H34N2O4/c1-7-17(6,21)12-18-13(2)10-14-11-22-9-8-19(14)15(20)23-16(3,4)5/h13-14,18,21H,7-12H2,1-6H3. The average molecular weight is 330 g/mol. The molecule has 0 spiro atoms. The van der Waals surface area contributed by atoms with Crippen LogP contribution in [0, 0.1) is 0 Å². The number of morpholine rings is 1. The molecule has 3 unspecified atom stereocenters. The maximum Gasteiger partial charge on any atom is 0.410 e. The molecular formula is C17H34N2O4. The molecule has 2 N–H and O–H groups in total. The van der Waals surface area contributed by atoms with Crippen LogP contribution in [0.3, 0.4) is 0 Å². The molecule has 0 bridgehead atoms. The van der Waals surface area contributed by atoms with Crippen LogP contribution < -0.4 is 5.32 Å². The van der Waals surface area contributed by atoms with E-state index in [1.807, 2.05) is 34.6 Å². The molecule has 0 aromatic rings. The largest absolute Gasteiger partial charge is 0.444 e. The third-order valence-electron chi connectivity index (χ3n) is 4.07. The van der Waals surface area contributed by atoms with Crippen molar-refractivity contribution in [3.8, 4) is 0 Å². The number of carbonyl (C=O) groups excluding carboxylic acids is 1. The van der Waals surface area contributed by atoms with Crippen LogP contribution in [0.15, 0.2) is 0 Å². The minimum absolute atomic E-state index is 0.00678. The van der Waals surface area contributed by atoms with Crippen molar-refractivity contribution in [3.05, 3.63) is 0 Å². The van der Waals surface area contributed by atoms with E-state index in [-0.39, 0.29) is 18.2 Å². The Hall–Kier alpha value is -0.850. The van der Waals surface area contributed by atoms with E-state index in [0.717, 1.165) is 6.42 Å². The zero-order chi connectivity index (χ0) is 17.7. The van der Waals surface area contributed by atoms with E-state index in [2.05, 4.69) is 12.2 Å². The Labute approximate surface area is 140 Å². The average Bonchev–Trinajstić information content (AvgIpc) is 2.44. The van der Waals surface area contributed by atoms with E-state index in [4.69, 9.17) is 9.47 Å². The molecule has 1 rings (SSSR count). The van der Waals surface area contributed by atoms with Gasteiger partial charge in [-0.3, -0.25) is 0 Å². The Morgan fingerprint density at radius 2 is 2.09 bits per heavy atom. The molecule has 0 aromatic carbocycles. The second kappa shape index (κ2) is 8.31. The summed E-state index contributed by atoms with van der Waals surface area (Å²) in [5.41, 5.74) is -1.20. The maximum atomic E-state index is 12.4. The number of nitrogens with zero attached hydrogens (tertiary/aromatic N) is 1. The molecule has 1 fully saturated rings. The lowest BCUT2D eigenvalue weighted by Crippen LogP contribution is -2.52. The summed E-state index contributed by atoms with van der Waals surface area (Å²) in [6.45, 7) is 13.6. The van der Waals surface area contributed by atoms with Crippen LogP contribution in [-0.2, 0) is 9.47 Å². The van der Waals surface area contributed by atoms with Gasteiger partial charge in [0.15, 0.2) is 0 Å². The molecule has 136 valence electrons. The van der Waals surface area contributed by atoms with Gasteiger partial charge in [0.05, 0.1) is 24.9 Å². The molecule has 0 aliphatic carbocycles. The molecule has 23 heavy (non-hydrogen) atoms. The molecule has 6 heteroatoms. The molecule has 1 amide bonds. The van der Waals surface area contributed by atoms with Crippen molar-refractivity contribution >= 4 is 6.09 Å². The van der Waals surface area contributed by atoms with E-state index in [9.17, 15) is 9.90 Å². The van der Waals surface area contributed by atoms with E-state index < -0.39 is 11.2 Å². The van der Waals surface area contributed by atoms with Gasteiger partial charge < -0.3 is 24.8 Å². The third-order valence-corrected chi connectivity index (χ3v) is 4.07. The smallest absolute Gasteiger partial charge is 0.410 e. The van der Waals surface area contributed by atoms with E-state index in [0.29, 0.717) is 32.7 Å². The Bertz CT molecular complexity index is 379. The summed E-state index contributed by atoms with van der Waals surface area (Å²) in [6, 6.07) is 0.164. The second-order valence-corrected chi connectivity index (χ2v) is 7.77. The Balaban J connectivity index is 2.56. The number of hydrogen-bond donors (Lipinski definition) is 2. The Kier molecular flexibility index (Phi) is 7.29. The van der Waals surface area contributed by atoms with Crippen molar-refractivity contribution in [2.75, 3.05) is 26.3 Å². The lowest BCUT2D eigenvalue weighted by Gasteiger charge is -2.38. The first-order valence-electron chi connectivity index (χ1n) is 8.57. The lowest BCUT2D eigenvalue weighted by molar-refractivity contribution is -0.0362. The normalized spacial score (nSPS) is 23.3. The number of nitrogens with one attached hydrogen (secondary N) is 1. The van der Waals surface area contributed by atoms with Gasteiger partial charge in [0.25, 0.3) is 0 Å². The van der Waals surface area contributed by atoms with Crippen LogP contribution in [0.5, 0.6) is 0 Å². The van der Waals surface area contributed by atoms with Crippen molar-refractivity contribution in [2.24, 2.45) is 0 Å². The van der Waals surface area contributed by atoms with Gasteiger partial charge in [0.2, 0.25) is 0 Å². The van der Waals surface area contributed by atoms with Gasteiger partial charge in [-0.25, -0.2) is 4.79 Å². The maximum absolute atomic E-state index is 12.4. The van der Waals surface area contributed by atoms with Crippen molar-refractivity contribution in [1.82, 2.24) is 10.2 Å². The van der Waals surface area contributed by atoms with E-state index >= 15 is 0 Å². The molecule has 0 aromatic heterocycles. The Morgan fingerprint density at radius 1 is 1.43 bits per heavy atom. The highest BCUT2D eigenvalue weighted by atomic mass is 16.6. The molecule has 6 nitrogen and oxygen atoms in total. The van der Waals surface area contributed by atoms with Gasteiger partial charge >= 0.3 is 6.09 Å². The van der Waals surface area contributed by atoms with Gasteiger partial charge in [-0.1, -0.05) is 6.92 Å². The molecule has 1 saturated heterocycles. The van der Waals surface area contributed by atoms with Crippen LogP contribution in [0.2, 0.25) is 0 Å². The number of amides is 1.